The Hall–Kier alpha value is -3.86. The van der Waals surface area contributed by atoms with Gasteiger partial charge in [-0.25, -0.2) is 4.79 Å². The van der Waals surface area contributed by atoms with Crippen molar-refractivity contribution in [3.63, 3.8) is 0 Å². The molecule has 50 heavy (non-hydrogen) atoms. The lowest BCUT2D eigenvalue weighted by Gasteiger charge is -2.59. The summed E-state index contributed by atoms with van der Waals surface area (Å²) in [6.45, 7) is 8.21. The molecule has 3 fully saturated rings. The summed E-state index contributed by atoms with van der Waals surface area (Å²) >= 11 is 0. The zero-order valence-electron chi connectivity index (χ0n) is 29.4. The fraction of sp³-hybridized carbons (Fsp3) is 0.706. The van der Waals surface area contributed by atoms with Crippen molar-refractivity contribution in [1.29, 1.82) is 0 Å². The van der Waals surface area contributed by atoms with Crippen molar-refractivity contribution in [3.8, 4) is 0 Å². The molecule has 2 aliphatic carbocycles. The van der Waals surface area contributed by atoms with E-state index in [1.165, 1.54) is 39.2 Å². The van der Waals surface area contributed by atoms with E-state index in [0.717, 1.165) is 20.8 Å². The van der Waals surface area contributed by atoms with E-state index in [1.807, 2.05) is 0 Å². The number of ether oxygens (including phenoxy) is 8. The second-order valence-corrected chi connectivity index (χ2v) is 13.8. The van der Waals surface area contributed by atoms with Crippen LogP contribution in [0.1, 0.15) is 54.9 Å². The Bertz CT molecular complexity index is 1430. The van der Waals surface area contributed by atoms with Gasteiger partial charge in [-0.15, -0.1) is 0 Å². The summed E-state index contributed by atoms with van der Waals surface area (Å²) in [6, 6.07) is 0. The molecule has 2 N–H and O–H groups in total. The Balaban J connectivity index is 2.16. The first-order valence-electron chi connectivity index (χ1n) is 16.3. The van der Waals surface area contributed by atoms with Gasteiger partial charge in [0.2, 0.25) is 0 Å². The van der Waals surface area contributed by atoms with Crippen LogP contribution >= 0.6 is 0 Å². The highest BCUT2D eigenvalue weighted by Crippen LogP contribution is 2.63. The van der Waals surface area contributed by atoms with E-state index in [0.29, 0.717) is 5.57 Å². The molecule has 278 valence electrons. The molecule has 0 bridgehead atoms. The molecule has 2 saturated heterocycles. The molecule has 16 heteroatoms. The minimum Gasteiger partial charge on any atom is -0.459 e. The number of carbonyl (C=O) groups is 6. The molecule has 0 aromatic rings. The largest absolute Gasteiger partial charge is 0.459 e. The fourth-order valence-electron chi connectivity index (χ4n) is 7.61. The molecular formula is C34H46O16. The molecule has 1 saturated carbocycles. The van der Waals surface area contributed by atoms with E-state index in [4.69, 9.17) is 37.9 Å². The molecule has 11 atom stereocenters. The second kappa shape index (κ2) is 14.8. The molecule has 2 aliphatic heterocycles. The van der Waals surface area contributed by atoms with Gasteiger partial charge in [-0.1, -0.05) is 26.8 Å². The Morgan fingerprint density at radius 2 is 1.52 bits per heavy atom. The van der Waals surface area contributed by atoms with Gasteiger partial charge >= 0.3 is 35.8 Å². The fourth-order valence-corrected chi connectivity index (χ4v) is 7.61. The normalized spacial score (nSPS) is 39.1. The molecule has 0 aromatic carbocycles. The van der Waals surface area contributed by atoms with Crippen molar-refractivity contribution in [2.75, 3.05) is 26.9 Å². The molecule has 0 aromatic heterocycles. The van der Waals surface area contributed by atoms with Crippen molar-refractivity contribution in [1.82, 2.24) is 0 Å². The Morgan fingerprint density at radius 1 is 0.940 bits per heavy atom. The molecule has 2 heterocycles. The van der Waals surface area contributed by atoms with Gasteiger partial charge in [0.25, 0.3) is 0 Å². The third-order valence-corrected chi connectivity index (χ3v) is 9.75. The first-order valence-corrected chi connectivity index (χ1v) is 16.3. The summed E-state index contributed by atoms with van der Waals surface area (Å²) in [7, 11) is 1.39. The highest BCUT2D eigenvalue weighted by Gasteiger charge is 2.81. The highest BCUT2D eigenvalue weighted by atomic mass is 16.7. The summed E-state index contributed by atoms with van der Waals surface area (Å²) in [6.07, 6.45) is -5.46. The standard InChI is InChI=1S/C34H46O16/c1-16(2)11-24(39)50-26-28(45-18(4)36)32(7)22(48-25(40)13-35)10-9-21(14-43-8)12-23-34(42,17(3)31(41)49-23)30(47-20(6)38)27(32)33(15-44-33)29(26)46-19(5)37/h9-10,12,16-17,22-23,26-30,35,42H,11,13-15H2,1-8H3/b10-9-,21-12-/t17-,22-,23-,26+,27+,28-,29+,30-,32+,33-,34-/m0/s1. The maximum Gasteiger partial charge on any atom is 0.332 e. The molecule has 16 nitrogen and oxygen atoms in total. The van der Waals surface area contributed by atoms with Crippen LogP contribution < -0.4 is 0 Å². The third-order valence-electron chi connectivity index (χ3n) is 9.75. The summed E-state index contributed by atoms with van der Waals surface area (Å²) in [5.41, 5.74) is -5.76. The molecule has 1 spiro atoms. The number of hydrogen-bond acceptors (Lipinski definition) is 16. The molecule has 0 radical (unpaired) electrons. The van der Waals surface area contributed by atoms with E-state index in [2.05, 4.69) is 0 Å². The number of epoxide rings is 1. The molecule has 4 rings (SSSR count). The van der Waals surface area contributed by atoms with Crippen LogP contribution in [0.5, 0.6) is 0 Å². The van der Waals surface area contributed by atoms with Gasteiger partial charge in [0.05, 0.1) is 24.5 Å². The summed E-state index contributed by atoms with van der Waals surface area (Å²) < 4.78 is 46.6. The van der Waals surface area contributed by atoms with Gasteiger partial charge < -0.3 is 48.1 Å². The predicted octanol–water partition coefficient (Wildman–Crippen LogP) is 0.484. The number of carbonyl (C=O) groups excluding carboxylic acids is 6. The zero-order valence-corrected chi connectivity index (χ0v) is 29.4. The maximum atomic E-state index is 13.4. The number of aliphatic hydroxyl groups excluding tert-OH is 1. The van der Waals surface area contributed by atoms with Gasteiger partial charge in [0, 0.05) is 40.2 Å². The quantitative estimate of drug-likeness (QED) is 0.179. The van der Waals surface area contributed by atoms with Crippen LogP contribution in [0.4, 0.5) is 0 Å². The molecular weight excluding hydrogens is 664 g/mol. The van der Waals surface area contributed by atoms with Crippen molar-refractivity contribution in [3.05, 3.63) is 23.8 Å². The number of hydrogen-bond donors (Lipinski definition) is 2. The number of methoxy groups -OCH3 is 1. The lowest BCUT2D eigenvalue weighted by molar-refractivity contribution is -0.279. The predicted molar refractivity (Wildman–Crippen MR) is 166 cm³/mol. The molecule has 4 aliphatic rings. The van der Waals surface area contributed by atoms with Gasteiger partial charge in [-0.05, 0) is 30.6 Å². The van der Waals surface area contributed by atoms with Crippen LogP contribution in [0.2, 0.25) is 0 Å². The van der Waals surface area contributed by atoms with Crippen LogP contribution in [-0.2, 0) is 66.7 Å². The van der Waals surface area contributed by atoms with Crippen LogP contribution in [-0.4, -0.2) is 121 Å². The first kappa shape index (κ1) is 38.9. The second-order valence-electron chi connectivity index (χ2n) is 13.8. The Kier molecular flexibility index (Phi) is 11.5. The summed E-state index contributed by atoms with van der Waals surface area (Å²) in [4.78, 5) is 78.2. The number of fused-ring (bicyclic) bond motifs is 3. The minimum atomic E-state index is -2.38. The zero-order chi connectivity index (χ0) is 37.3. The van der Waals surface area contributed by atoms with Gasteiger partial charge in [-0.3, -0.25) is 24.0 Å². The van der Waals surface area contributed by atoms with Crippen molar-refractivity contribution >= 4 is 35.8 Å². The minimum absolute atomic E-state index is 0.0907. The van der Waals surface area contributed by atoms with Crippen molar-refractivity contribution in [2.24, 2.45) is 23.2 Å². The monoisotopic (exact) mass is 710 g/mol. The van der Waals surface area contributed by atoms with Crippen molar-refractivity contribution in [2.45, 2.75) is 103 Å². The van der Waals surface area contributed by atoms with Gasteiger partial charge in [-0.2, -0.15) is 0 Å². The smallest absolute Gasteiger partial charge is 0.332 e. The van der Waals surface area contributed by atoms with E-state index in [1.54, 1.807) is 13.8 Å². The third kappa shape index (κ3) is 7.16. The summed E-state index contributed by atoms with van der Waals surface area (Å²) in [5, 5.41) is 22.6. The lowest BCUT2D eigenvalue weighted by Crippen LogP contribution is -2.76. The highest BCUT2D eigenvalue weighted by molar-refractivity contribution is 5.78. The SMILES string of the molecule is COCC1=C\[C@@H]2OC(=O)[C@H](C)[C@@]2(O)[C@@H](OC(C)=O)[C@H]2[C@@]3(CO3)[C@H](OC(C)=O)[C@H](OC(=O)CC(C)C)[C@H](OC(C)=O)[C@]2(C)[C@@H](OC(=O)CO)/C=C\1. The van der Waals surface area contributed by atoms with E-state index >= 15 is 0 Å². The van der Waals surface area contributed by atoms with Crippen LogP contribution in [0.3, 0.4) is 0 Å². The average Bonchev–Trinajstić information content (AvgIpc) is 3.76. The molecule has 0 unspecified atom stereocenters. The van der Waals surface area contributed by atoms with E-state index < -0.39 is 107 Å². The number of aliphatic hydroxyl groups is 2. The lowest BCUT2D eigenvalue weighted by atomic mass is 9.51. The summed E-state index contributed by atoms with van der Waals surface area (Å²) in [5.74, 6) is -8.38. The van der Waals surface area contributed by atoms with Gasteiger partial charge in [0.15, 0.2) is 30.0 Å². The molecule has 0 amide bonds. The Labute approximate surface area is 289 Å². The number of rotatable bonds is 10. The van der Waals surface area contributed by atoms with Crippen molar-refractivity contribution < 1.29 is 76.9 Å². The topological polar surface area (TPSA) is 220 Å². The van der Waals surface area contributed by atoms with E-state index in [-0.39, 0.29) is 25.6 Å². The first-order chi connectivity index (χ1) is 23.4. The van der Waals surface area contributed by atoms with Crippen LogP contribution in [0, 0.1) is 23.2 Å². The van der Waals surface area contributed by atoms with Gasteiger partial charge in [0.1, 0.15) is 24.4 Å². The Morgan fingerprint density at radius 3 is 2.04 bits per heavy atom. The maximum absolute atomic E-state index is 13.4. The van der Waals surface area contributed by atoms with Crippen LogP contribution in [0.25, 0.3) is 0 Å². The average molecular weight is 711 g/mol. The number of esters is 6. The van der Waals surface area contributed by atoms with E-state index in [9.17, 15) is 39.0 Å². The van der Waals surface area contributed by atoms with Crippen LogP contribution in [0.15, 0.2) is 23.8 Å².